The van der Waals surface area contributed by atoms with Crippen LogP contribution in [0.2, 0.25) is 0 Å². The predicted octanol–water partition coefficient (Wildman–Crippen LogP) is 16.4. The SMILES string of the molecule is [2H]C([2H])([2H])C(c1ccc(-c2ccnc(-c3[c-]c(-c4cccc5c4nc(-c4cc(C(C)C)cc(C(C)C)c4O)n5-c4ccc(C(C([2H])([2H])[2H])(C([2H])([2H])[2H])C([2H])([2H])[2H])cc4-c4ccccc4)cc(C(C)(C)C)c3)c2)cc1)(C([2H])([2H])[2H])C([2H])([2H])[2H].[Pt]. The molecule has 8 rings (SSSR count). The number of pyridine rings is 1. The number of hydrogen-bond acceptors (Lipinski definition) is 3. The molecule has 1 N–H and O–H groups in total. The van der Waals surface area contributed by atoms with Crippen molar-refractivity contribution in [3.63, 3.8) is 0 Å². The van der Waals surface area contributed by atoms with Crippen molar-refractivity contribution in [3.05, 3.63) is 167 Å². The summed E-state index contributed by atoms with van der Waals surface area (Å²) in [6.07, 6.45) is 1.58. The Kier molecular flexibility index (Phi) is 8.08. The van der Waals surface area contributed by atoms with E-state index >= 15 is 0 Å². The summed E-state index contributed by atoms with van der Waals surface area (Å²) in [7, 11) is 0. The average Bonchev–Trinajstić information content (AvgIpc) is 0.973. The molecule has 0 unspecified atom stereocenters. The Morgan fingerprint density at radius 2 is 1.26 bits per heavy atom. The molecule has 0 aliphatic heterocycles. The number of imidazole rings is 1. The number of fused-ring (bicyclic) bond motifs is 1. The maximum Gasteiger partial charge on any atom is 0.148 e. The summed E-state index contributed by atoms with van der Waals surface area (Å²) >= 11 is 0. The first-order valence-electron chi connectivity index (χ1n) is 30.4. The minimum absolute atomic E-state index is 0. The van der Waals surface area contributed by atoms with Gasteiger partial charge in [0, 0.05) is 63.2 Å². The number of phenolic OH excluding ortho intramolecular Hbond substituents is 1. The first-order chi connectivity index (χ1) is 37.7. The fourth-order valence-corrected chi connectivity index (χ4v) is 8.13. The fraction of sp³-hybridized carbons (Fsp3) is 0.300. The minimum atomic E-state index is -3.54. The maximum atomic E-state index is 12.4. The van der Waals surface area contributed by atoms with Crippen molar-refractivity contribution < 1.29 is 50.8 Å². The summed E-state index contributed by atoms with van der Waals surface area (Å²) in [4.78, 5) is 10.2. The number of benzene rings is 6. The Morgan fingerprint density at radius 1 is 0.585 bits per heavy atom. The molecule has 0 aliphatic carbocycles. The maximum absolute atomic E-state index is 12.4. The van der Waals surface area contributed by atoms with E-state index in [1.54, 1.807) is 48.7 Å². The molecule has 65 heavy (non-hydrogen) atoms. The second-order valence-corrected chi connectivity index (χ2v) is 18.3. The molecule has 0 radical (unpaired) electrons. The normalized spacial score (nSPS) is 17.6. The standard InChI is InChI=1S/C60H64N3O.Pt/c1-37(2)42-33-49(38(3)4)56(64)51(34-42)57-62-55-48(20-17-21-54(55)63(57)53-27-26-46(59(8,9)10)36-50(53)40-18-15-14-16-19-40)43-30-44(32-47(31-43)60(11,12)13)52-35-41(28-29-61-52)39-22-24-45(25-23-39)58(5,6)7;/h14-29,31-38,64H,1-13H3;/q-1;/i5D3,6D3,7D3,8D3,9D3,10D3;. The molecule has 0 bridgehead atoms. The van der Waals surface area contributed by atoms with Crippen molar-refractivity contribution in [2.45, 2.75) is 118 Å². The van der Waals surface area contributed by atoms with Gasteiger partial charge in [0.25, 0.3) is 0 Å². The van der Waals surface area contributed by atoms with Gasteiger partial charge in [-0.1, -0.05) is 186 Å². The third-order valence-electron chi connectivity index (χ3n) is 11.8. The quantitative estimate of drug-likeness (QED) is 0.154. The number of para-hydroxylation sites is 1. The zero-order valence-electron chi connectivity index (χ0n) is 55.5. The van der Waals surface area contributed by atoms with Crippen LogP contribution < -0.4 is 0 Å². The zero-order chi connectivity index (χ0) is 60.9. The van der Waals surface area contributed by atoms with Gasteiger partial charge in [-0.2, -0.15) is 0 Å². The van der Waals surface area contributed by atoms with Crippen molar-refractivity contribution in [1.82, 2.24) is 14.5 Å². The van der Waals surface area contributed by atoms with Crippen LogP contribution in [0.5, 0.6) is 5.75 Å². The number of nitrogens with zero attached hydrogens (tertiary/aromatic N) is 3. The van der Waals surface area contributed by atoms with Gasteiger partial charge in [-0.15, -0.1) is 29.3 Å². The van der Waals surface area contributed by atoms with Gasteiger partial charge in [-0.05, 0) is 97.4 Å². The van der Waals surface area contributed by atoms with E-state index in [4.69, 9.17) is 34.6 Å². The van der Waals surface area contributed by atoms with Crippen molar-refractivity contribution in [1.29, 1.82) is 0 Å². The van der Waals surface area contributed by atoms with Gasteiger partial charge in [-0.3, -0.25) is 9.55 Å². The minimum Gasteiger partial charge on any atom is -0.507 e. The first-order valence-corrected chi connectivity index (χ1v) is 21.4. The van der Waals surface area contributed by atoms with E-state index in [2.05, 4.69) is 26.8 Å². The number of hydrogen-bond donors (Lipinski definition) is 1. The molecule has 0 saturated heterocycles. The molecular weight excluding hydrogens is 974 g/mol. The molecule has 4 nitrogen and oxygen atoms in total. The Hall–Kier alpha value is -5.57. The molecule has 6 aromatic carbocycles. The Balaban J connectivity index is 0.00000990. The summed E-state index contributed by atoms with van der Waals surface area (Å²) in [6.45, 7) is -6.75. The molecule has 0 atom stereocenters. The van der Waals surface area contributed by atoms with Crippen LogP contribution in [0.3, 0.4) is 0 Å². The second kappa shape index (κ2) is 18.0. The summed E-state index contributed by atoms with van der Waals surface area (Å²) in [5, 5.41) is 12.4. The van der Waals surface area contributed by atoms with Gasteiger partial charge in [-0.25, -0.2) is 4.98 Å². The van der Waals surface area contributed by atoms with Gasteiger partial charge in [0.2, 0.25) is 0 Å². The third kappa shape index (κ3) is 9.57. The molecule has 0 aliphatic rings. The molecule has 336 valence electrons. The number of aromatic hydroxyl groups is 1. The van der Waals surface area contributed by atoms with Crippen LogP contribution in [0.1, 0.15) is 154 Å². The van der Waals surface area contributed by atoms with Crippen LogP contribution in [0.4, 0.5) is 0 Å². The molecule has 0 saturated carbocycles. The molecule has 0 fully saturated rings. The molecule has 5 heteroatoms. The number of phenols is 1. The van der Waals surface area contributed by atoms with Gasteiger partial charge in [0.05, 0.1) is 22.3 Å². The van der Waals surface area contributed by atoms with E-state index in [0.717, 1.165) is 11.1 Å². The third-order valence-corrected chi connectivity index (χ3v) is 11.8. The molecule has 2 heterocycles. The van der Waals surface area contributed by atoms with E-state index in [1.165, 1.54) is 42.5 Å². The smallest absolute Gasteiger partial charge is 0.148 e. The van der Waals surface area contributed by atoms with Crippen LogP contribution in [-0.2, 0) is 37.3 Å². The van der Waals surface area contributed by atoms with Crippen LogP contribution in [0, 0.1) is 6.07 Å². The molecule has 2 aromatic heterocycles. The first kappa shape index (κ1) is 29.1. The predicted molar refractivity (Wildman–Crippen MR) is 271 cm³/mol. The van der Waals surface area contributed by atoms with E-state index in [9.17, 15) is 5.11 Å². The summed E-state index contributed by atoms with van der Waals surface area (Å²) in [5.74, 6) is 0.100. The van der Waals surface area contributed by atoms with Crippen LogP contribution in [0.25, 0.3) is 72.7 Å². The Bertz CT molecular complexity index is 3600. The van der Waals surface area contributed by atoms with E-state index in [-0.39, 0.29) is 55.6 Å². The summed E-state index contributed by atoms with van der Waals surface area (Å²) in [6, 6.07) is 38.8. The summed E-state index contributed by atoms with van der Waals surface area (Å²) in [5.41, 5.74) is 0.488. The molecule has 0 amide bonds. The molecule has 0 spiro atoms. The topological polar surface area (TPSA) is 50.9 Å². The molecular formula is C60H64N3OPt-. The van der Waals surface area contributed by atoms with Crippen molar-refractivity contribution in [3.8, 4) is 67.5 Å². The number of aromatic nitrogens is 3. The van der Waals surface area contributed by atoms with Crippen LogP contribution >= 0.6 is 0 Å². The van der Waals surface area contributed by atoms with Crippen molar-refractivity contribution in [2.24, 2.45) is 0 Å². The molecule has 8 aromatic rings. The van der Waals surface area contributed by atoms with Gasteiger partial charge < -0.3 is 5.11 Å². The fourth-order valence-electron chi connectivity index (χ4n) is 8.13. The largest absolute Gasteiger partial charge is 0.507 e. The van der Waals surface area contributed by atoms with Crippen LogP contribution in [-0.4, -0.2) is 19.6 Å². The van der Waals surface area contributed by atoms with Gasteiger partial charge >= 0.3 is 0 Å². The van der Waals surface area contributed by atoms with Crippen LogP contribution in [0.15, 0.2) is 134 Å². The summed E-state index contributed by atoms with van der Waals surface area (Å²) < 4.78 is 153. The van der Waals surface area contributed by atoms with E-state index < -0.39 is 62.9 Å². The van der Waals surface area contributed by atoms with Gasteiger partial charge in [0.15, 0.2) is 0 Å². The zero-order valence-corrected chi connectivity index (χ0v) is 39.7. The van der Waals surface area contributed by atoms with Gasteiger partial charge in [0.1, 0.15) is 11.6 Å². The second-order valence-electron chi connectivity index (χ2n) is 18.3. The van der Waals surface area contributed by atoms with E-state index in [1.807, 2.05) is 74.7 Å². The van der Waals surface area contributed by atoms with E-state index in [0.29, 0.717) is 66.9 Å². The van der Waals surface area contributed by atoms with Crippen molar-refractivity contribution in [2.75, 3.05) is 0 Å². The Labute approximate surface area is 427 Å². The number of rotatable bonds is 8. The Morgan fingerprint density at radius 3 is 1.92 bits per heavy atom. The monoisotopic (exact) mass is 1060 g/mol. The van der Waals surface area contributed by atoms with Crippen molar-refractivity contribution >= 4 is 11.0 Å². The average molecular weight is 1060 g/mol.